The number of nitrogens with two attached hydrogens (primary N) is 2. The molecule has 2 fully saturated rings. The van der Waals surface area contributed by atoms with Gasteiger partial charge in [0.1, 0.15) is 0 Å². The average Bonchev–Trinajstić information content (AvgIpc) is 3.94. The third-order valence-corrected chi connectivity index (χ3v) is 8.49. The summed E-state index contributed by atoms with van der Waals surface area (Å²) in [6.45, 7) is 2.92. The van der Waals surface area contributed by atoms with Crippen LogP contribution in [0.1, 0.15) is 22.6 Å². The van der Waals surface area contributed by atoms with E-state index < -0.39 is 42.0 Å². The van der Waals surface area contributed by atoms with E-state index in [1.54, 1.807) is 17.0 Å². The minimum Gasteiger partial charge on any atom is -0.480 e. The number of nitrogens with zero attached hydrogens (tertiary/aromatic N) is 10. The van der Waals surface area contributed by atoms with Crippen molar-refractivity contribution in [1.29, 1.82) is 10.9 Å². The molecular weight excluding hydrogens is 814 g/mol. The van der Waals surface area contributed by atoms with Gasteiger partial charge in [0.15, 0.2) is 24.0 Å². The minimum atomic E-state index is -4.42. The van der Waals surface area contributed by atoms with Crippen LogP contribution in [0.5, 0.6) is 0 Å². The quantitative estimate of drug-likeness (QED) is 0.0419. The summed E-state index contributed by atoms with van der Waals surface area (Å²) in [4.78, 5) is 26.9. The first-order valence-corrected chi connectivity index (χ1v) is 17.5. The number of aliphatic carboxylic acids is 2. The van der Waals surface area contributed by atoms with Crippen molar-refractivity contribution in [2.45, 2.75) is 12.4 Å². The molecule has 4 aromatic rings. The Hall–Kier alpha value is -7.12. The molecule has 0 atom stereocenters. The Kier molecular flexibility index (Phi) is 15.6. The number of halogens is 6. The zero-order valence-corrected chi connectivity index (χ0v) is 31.3. The van der Waals surface area contributed by atoms with E-state index in [1.165, 1.54) is 30.3 Å². The lowest BCUT2D eigenvalue weighted by atomic mass is 10.1. The number of benzene rings is 2. The summed E-state index contributed by atoms with van der Waals surface area (Å²) in [6, 6.07) is 13.8. The van der Waals surface area contributed by atoms with Gasteiger partial charge in [0.05, 0.1) is 17.7 Å². The van der Waals surface area contributed by atoms with E-state index in [0.29, 0.717) is 69.7 Å². The van der Waals surface area contributed by atoms with Crippen molar-refractivity contribution >= 4 is 46.6 Å². The first-order chi connectivity index (χ1) is 28.4. The average molecular weight is 853 g/mol. The lowest BCUT2D eigenvalue weighted by Gasteiger charge is -2.37. The molecule has 2 aromatic heterocycles. The maximum Gasteiger partial charge on any atom is 0.418 e. The van der Waals surface area contributed by atoms with Gasteiger partial charge in [-0.1, -0.05) is 28.5 Å². The highest BCUT2D eigenvalue weighted by Gasteiger charge is 2.35. The van der Waals surface area contributed by atoms with Gasteiger partial charge in [-0.05, 0) is 35.6 Å². The lowest BCUT2D eigenvalue weighted by molar-refractivity contribution is -0.138. The first-order valence-electron chi connectivity index (χ1n) is 17.5. The summed E-state index contributed by atoms with van der Waals surface area (Å²) in [5, 5.41) is 44.3. The molecule has 0 saturated carbocycles. The normalized spacial score (nSPS) is 14.9. The van der Waals surface area contributed by atoms with Crippen molar-refractivity contribution in [1.82, 2.24) is 10.3 Å². The number of amidine groups is 2. The number of para-hydroxylation sites is 1. The molecule has 2 aromatic carbocycles. The number of anilines is 4. The third-order valence-electron chi connectivity index (χ3n) is 8.49. The van der Waals surface area contributed by atoms with Gasteiger partial charge in [0.25, 0.3) is 0 Å². The molecule has 0 radical (unpaired) electrons. The van der Waals surface area contributed by atoms with Crippen LogP contribution >= 0.6 is 0 Å². The Morgan fingerprint density at radius 2 is 1.28 bits per heavy atom. The molecule has 0 bridgehead atoms. The molecule has 322 valence electrons. The van der Waals surface area contributed by atoms with Gasteiger partial charge < -0.3 is 50.3 Å². The van der Waals surface area contributed by atoms with E-state index in [1.807, 2.05) is 14.7 Å². The highest BCUT2D eigenvalue weighted by atomic mass is 19.4. The van der Waals surface area contributed by atoms with Gasteiger partial charge >= 0.3 is 24.3 Å². The second-order valence-electron chi connectivity index (χ2n) is 12.4. The molecule has 4 heterocycles. The molecule has 26 heteroatoms. The van der Waals surface area contributed by atoms with E-state index in [0.717, 1.165) is 18.2 Å². The van der Waals surface area contributed by atoms with Crippen LogP contribution in [-0.4, -0.2) is 110 Å². The molecule has 8 N–H and O–H groups in total. The van der Waals surface area contributed by atoms with Gasteiger partial charge in [0.2, 0.25) is 17.4 Å². The summed E-state index contributed by atoms with van der Waals surface area (Å²) in [7, 11) is 0. The fraction of sp³-hybridized carbons (Fsp3) is 0.353. The number of hydrogen-bond acceptors (Lipinski definition) is 15. The Labute approximate surface area is 335 Å². The Balaban J connectivity index is 0.000000241. The number of alkyl halides is 6. The molecule has 0 spiro atoms. The second kappa shape index (κ2) is 20.5. The number of carboxylic acid groups (broad SMARTS) is 2. The van der Waals surface area contributed by atoms with Crippen LogP contribution in [-0.2, 0) is 21.9 Å². The van der Waals surface area contributed by atoms with Crippen LogP contribution in [0.2, 0.25) is 0 Å². The zero-order chi connectivity index (χ0) is 44.0. The molecule has 0 amide bonds. The molecule has 2 aliphatic rings. The Morgan fingerprint density at radius 3 is 1.82 bits per heavy atom. The van der Waals surface area contributed by atoms with Crippen LogP contribution in [0.15, 0.2) is 90.3 Å². The summed E-state index contributed by atoms with van der Waals surface area (Å²) in [5.41, 5.74) is 16.4. The zero-order valence-electron chi connectivity index (χ0n) is 31.3. The maximum atomic E-state index is 13.2. The predicted molar refractivity (Wildman–Crippen MR) is 201 cm³/mol. The molecule has 6 rings (SSSR count). The molecule has 2 saturated heterocycles. The number of rotatable bonds is 10. The molecule has 2 aliphatic heterocycles. The molecule has 20 nitrogen and oxygen atoms in total. The number of nitrogens with one attached hydrogen (secondary N) is 2. The molecule has 60 heavy (non-hydrogen) atoms. The highest BCUT2D eigenvalue weighted by molar-refractivity contribution is 5.95. The number of carboxylic acids is 2. The van der Waals surface area contributed by atoms with Crippen molar-refractivity contribution in [2.24, 2.45) is 32.0 Å². The SMILES string of the molecule is N/C(=N\N=NCC(=O)O)c1cc(N2CCN(c3ccccc3C(F)(F)F)CC2)no1.N=NC(=N)c1cc(N2CCN(c3cccc(C(F)(F)F)c3)CC2)no1.NCC(=O)O. The predicted octanol–water partition coefficient (Wildman–Crippen LogP) is 4.58. The van der Waals surface area contributed by atoms with Crippen LogP contribution in [0.3, 0.4) is 0 Å². The second-order valence-corrected chi connectivity index (χ2v) is 12.4. The van der Waals surface area contributed by atoms with E-state index in [-0.39, 0.29) is 35.4 Å². The number of carbonyl (C=O) groups is 2. The van der Waals surface area contributed by atoms with Gasteiger partial charge in [-0.15, -0.1) is 10.2 Å². The van der Waals surface area contributed by atoms with Crippen LogP contribution in [0.25, 0.3) is 0 Å². The van der Waals surface area contributed by atoms with Crippen LogP contribution in [0.4, 0.5) is 49.4 Å². The van der Waals surface area contributed by atoms with Gasteiger partial charge in [-0.3, -0.25) is 15.0 Å². The number of aromatic nitrogens is 2. The van der Waals surface area contributed by atoms with Gasteiger partial charge in [-0.2, -0.15) is 31.5 Å². The summed E-state index contributed by atoms with van der Waals surface area (Å²) >= 11 is 0. The molecule has 0 unspecified atom stereocenters. The van der Waals surface area contributed by atoms with E-state index in [9.17, 15) is 35.9 Å². The number of hydrogen-bond donors (Lipinski definition) is 6. The first kappa shape index (κ1) is 45.6. The monoisotopic (exact) mass is 852 g/mol. The topological polar surface area (TPSA) is 289 Å². The largest absolute Gasteiger partial charge is 0.480 e. The summed E-state index contributed by atoms with van der Waals surface area (Å²) in [5.74, 6) is -1.39. The summed E-state index contributed by atoms with van der Waals surface area (Å²) < 4.78 is 88.3. The third kappa shape index (κ3) is 12.9. The van der Waals surface area contributed by atoms with Crippen molar-refractivity contribution in [3.05, 3.63) is 83.3 Å². The van der Waals surface area contributed by atoms with E-state index >= 15 is 0 Å². The van der Waals surface area contributed by atoms with Gasteiger partial charge in [0, 0.05) is 75.9 Å². The Morgan fingerprint density at radius 1 is 0.750 bits per heavy atom. The number of piperazine rings is 2. The standard InChI is InChI=1S/C17H18F3N7O3.C15H15F3N6O.C2H5NO2/c18-17(19,20)11-3-1-2-4-12(11)26-5-7-27(8-6-26)14-9-13(30-24-14)16(21)23-25-22-10-15(28)29;16-15(17,18)10-2-1-3-11(8-10)23-4-6-24(7-5-23)13-9-12(25-22-13)14(19)21-20;3-1-2(4)5/h1-4,9H,5-8,10H2,(H,28,29)(H2,21,22,23);1-3,8-9,19-20H,4-7H2;1,3H2,(H,4,5). The fourth-order valence-corrected chi connectivity index (χ4v) is 5.58. The maximum absolute atomic E-state index is 13.2. The fourth-order valence-electron chi connectivity index (χ4n) is 5.58. The highest BCUT2D eigenvalue weighted by Crippen LogP contribution is 2.37. The van der Waals surface area contributed by atoms with Gasteiger partial charge in [-0.25, -0.2) is 5.53 Å². The van der Waals surface area contributed by atoms with Crippen LogP contribution < -0.4 is 31.1 Å². The minimum absolute atomic E-state index is 0.102. The molecular formula is C34H38F6N14O6. The van der Waals surface area contributed by atoms with Crippen molar-refractivity contribution in [3.63, 3.8) is 0 Å². The van der Waals surface area contributed by atoms with E-state index in [2.05, 4.69) is 36.6 Å². The van der Waals surface area contributed by atoms with E-state index in [4.69, 9.17) is 35.9 Å². The van der Waals surface area contributed by atoms with Crippen molar-refractivity contribution in [3.8, 4) is 0 Å². The Bertz CT molecular complexity index is 2140. The summed E-state index contributed by atoms with van der Waals surface area (Å²) in [6.07, 6.45) is -8.78. The van der Waals surface area contributed by atoms with Crippen LogP contribution in [0, 0.1) is 10.9 Å². The van der Waals surface area contributed by atoms with Crippen molar-refractivity contribution < 1.29 is 55.2 Å². The lowest BCUT2D eigenvalue weighted by Crippen LogP contribution is -2.47. The molecule has 0 aliphatic carbocycles. The van der Waals surface area contributed by atoms with Crippen molar-refractivity contribution in [2.75, 3.05) is 85.0 Å². The smallest absolute Gasteiger partial charge is 0.418 e.